The first-order valence-corrected chi connectivity index (χ1v) is 5.32. The van der Waals surface area contributed by atoms with E-state index in [0.29, 0.717) is 0 Å². The van der Waals surface area contributed by atoms with E-state index in [1.807, 2.05) is 4.08 Å². The molecule has 0 bridgehead atoms. The second-order valence-electron chi connectivity index (χ2n) is 3.03. The quantitative estimate of drug-likeness (QED) is 0.502. The van der Waals surface area contributed by atoms with Crippen LogP contribution in [0.4, 0.5) is 0 Å². The summed E-state index contributed by atoms with van der Waals surface area (Å²) in [5.41, 5.74) is 2.07. The number of carbonyl (C=O) groups is 1. The molecule has 0 radical (unpaired) electrons. The maximum atomic E-state index is 11.3. The number of allylic oxidation sites excluding steroid dienone is 1. The fourth-order valence-electron chi connectivity index (χ4n) is 1.71. The molecule has 1 aliphatic carbocycles. The van der Waals surface area contributed by atoms with Crippen molar-refractivity contribution in [1.29, 1.82) is 0 Å². The predicted octanol–water partition coefficient (Wildman–Crippen LogP) is 2.69. The van der Waals surface area contributed by atoms with Crippen molar-refractivity contribution in [3.63, 3.8) is 0 Å². The van der Waals surface area contributed by atoms with Crippen molar-refractivity contribution >= 4 is 28.6 Å². The molecule has 0 saturated heterocycles. The van der Waals surface area contributed by atoms with Gasteiger partial charge in [-0.3, -0.25) is 0 Å². The van der Waals surface area contributed by atoms with Gasteiger partial charge < -0.3 is 4.74 Å². The average molecular weight is 276 g/mol. The van der Waals surface area contributed by atoms with Crippen LogP contribution in [-0.2, 0) is 9.53 Å². The minimum Gasteiger partial charge on any atom is -0.422 e. The zero-order valence-corrected chi connectivity index (χ0v) is 8.76. The van der Waals surface area contributed by atoms with E-state index in [-0.39, 0.29) is 5.97 Å². The lowest BCUT2D eigenvalue weighted by molar-refractivity contribution is -0.133. The van der Waals surface area contributed by atoms with Crippen molar-refractivity contribution < 1.29 is 9.53 Å². The number of esters is 1. The number of carbonyl (C=O) groups excluding carboxylic acids is 1. The van der Waals surface area contributed by atoms with Crippen molar-refractivity contribution in [3.8, 4) is 0 Å². The van der Waals surface area contributed by atoms with Crippen LogP contribution in [0.3, 0.4) is 0 Å². The van der Waals surface area contributed by atoms with Crippen molar-refractivity contribution in [3.05, 3.63) is 21.0 Å². The molecule has 3 heteroatoms. The van der Waals surface area contributed by atoms with Crippen molar-refractivity contribution in [2.75, 3.05) is 0 Å². The SMILES string of the molecule is O=C1O/C(=C\I)C2=C1CCCC2. The monoisotopic (exact) mass is 276 g/mol. The number of halogens is 1. The van der Waals surface area contributed by atoms with Gasteiger partial charge in [-0.1, -0.05) is 0 Å². The molecule has 2 rings (SSSR count). The Balaban J connectivity index is 2.40. The van der Waals surface area contributed by atoms with Crippen LogP contribution in [0, 0.1) is 0 Å². The summed E-state index contributed by atoms with van der Waals surface area (Å²) in [6, 6.07) is 0. The van der Waals surface area contributed by atoms with E-state index in [1.165, 1.54) is 6.42 Å². The molecule has 2 aliphatic rings. The second-order valence-corrected chi connectivity index (χ2v) is 3.65. The lowest BCUT2D eigenvalue weighted by Crippen LogP contribution is -2.01. The highest BCUT2D eigenvalue weighted by atomic mass is 127. The maximum absolute atomic E-state index is 11.3. The molecule has 1 aliphatic heterocycles. The smallest absolute Gasteiger partial charge is 0.339 e. The highest BCUT2D eigenvalue weighted by Crippen LogP contribution is 2.37. The Morgan fingerprint density at radius 1 is 1.25 bits per heavy atom. The molecule has 0 N–H and O–H groups in total. The Bertz CT molecular complexity index is 289. The third-order valence-corrected chi connectivity index (χ3v) is 2.88. The summed E-state index contributed by atoms with van der Waals surface area (Å²) in [6.07, 6.45) is 4.23. The van der Waals surface area contributed by atoms with Gasteiger partial charge in [0, 0.05) is 15.2 Å². The average Bonchev–Trinajstić information content (AvgIpc) is 2.44. The lowest BCUT2D eigenvalue weighted by atomic mass is 9.93. The summed E-state index contributed by atoms with van der Waals surface area (Å²) in [5.74, 6) is 0.669. The Labute approximate surface area is 84.8 Å². The van der Waals surface area contributed by atoms with Crippen LogP contribution in [0.2, 0.25) is 0 Å². The Morgan fingerprint density at radius 2 is 1.92 bits per heavy atom. The van der Waals surface area contributed by atoms with Crippen molar-refractivity contribution in [1.82, 2.24) is 0 Å². The zero-order valence-electron chi connectivity index (χ0n) is 6.60. The summed E-state index contributed by atoms with van der Waals surface area (Å²) in [4.78, 5) is 11.3. The fraction of sp³-hybridized carbons (Fsp3) is 0.444. The van der Waals surface area contributed by atoms with Crippen molar-refractivity contribution in [2.45, 2.75) is 25.7 Å². The predicted molar refractivity (Wildman–Crippen MR) is 53.7 cm³/mol. The maximum Gasteiger partial charge on any atom is 0.339 e. The summed E-state index contributed by atoms with van der Waals surface area (Å²) in [5, 5.41) is 0. The Hall–Kier alpha value is -0.320. The lowest BCUT2D eigenvalue weighted by Gasteiger charge is -2.09. The zero-order chi connectivity index (χ0) is 8.55. The van der Waals surface area contributed by atoms with Gasteiger partial charge >= 0.3 is 5.97 Å². The van der Waals surface area contributed by atoms with E-state index < -0.39 is 0 Å². The van der Waals surface area contributed by atoms with E-state index in [4.69, 9.17) is 4.74 Å². The highest BCUT2D eigenvalue weighted by Gasteiger charge is 2.30. The second kappa shape index (κ2) is 3.20. The Morgan fingerprint density at radius 3 is 2.58 bits per heavy atom. The molecule has 0 fully saturated rings. The molecule has 0 atom stereocenters. The molecule has 0 aromatic heterocycles. The Kier molecular flexibility index (Phi) is 2.21. The van der Waals surface area contributed by atoms with Crippen LogP contribution in [0.1, 0.15) is 25.7 Å². The van der Waals surface area contributed by atoms with Gasteiger partial charge in [0.25, 0.3) is 0 Å². The summed E-state index contributed by atoms with van der Waals surface area (Å²) in [6.45, 7) is 0. The number of hydrogen-bond donors (Lipinski definition) is 0. The molecule has 2 nitrogen and oxygen atoms in total. The normalized spacial score (nSPS) is 26.1. The minimum absolute atomic E-state index is 0.118. The van der Waals surface area contributed by atoms with Gasteiger partial charge in [-0.2, -0.15) is 0 Å². The standard InChI is InChI=1S/C9H9IO2/c10-5-8-6-3-1-2-4-7(6)9(11)12-8/h5H,1-4H2/b8-5-. The molecular weight excluding hydrogens is 267 g/mol. The van der Waals surface area contributed by atoms with Gasteiger partial charge in [0.1, 0.15) is 5.76 Å². The van der Waals surface area contributed by atoms with Gasteiger partial charge in [-0.05, 0) is 48.3 Å². The molecular formula is C9H9IO2. The molecule has 64 valence electrons. The van der Waals surface area contributed by atoms with Crippen LogP contribution >= 0.6 is 22.6 Å². The van der Waals surface area contributed by atoms with E-state index in [0.717, 1.165) is 36.2 Å². The molecule has 1 heterocycles. The fourth-order valence-corrected chi connectivity index (χ4v) is 2.22. The highest BCUT2D eigenvalue weighted by molar-refractivity contribution is 14.1. The van der Waals surface area contributed by atoms with Crippen LogP contribution in [-0.4, -0.2) is 5.97 Å². The van der Waals surface area contributed by atoms with Crippen LogP contribution in [0.25, 0.3) is 0 Å². The van der Waals surface area contributed by atoms with Crippen LogP contribution in [0.5, 0.6) is 0 Å². The molecule has 0 aromatic carbocycles. The summed E-state index contributed by atoms with van der Waals surface area (Å²) >= 11 is 2.12. The number of cyclic esters (lactones) is 1. The minimum atomic E-state index is -0.118. The first-order chi connectivity index (χ1) is 5.83. The molecule has 0 saturated carbocycles. The number of hydrogen-bond acceptors (Lipinski definition) is 2. The largest absolute Gasteiger partial charge is 0.422 e. The van der Waals surface area contributed by atoms with Crippen molar-refractivity contribution in [2.24, 2.45) is 0 Å². The summed E-state index contributed by atoms with van der Waals surface area (Å²) in [7, 11) is 0. The van der Waals surface area contributed by atoms with E-state index in [2.05, 4.69) is 22.6 Å². The molecule has 12 heavy (non-hydrogen) atoms. The third kappa shape index (κ3) is 1.20. The van der Waals surface area contributed by atoms with E-state index >= 15 is 0 Å². The van der Waals surface area contributed by atoms with Gasteiger partial charge in [0.15, 0.2) is 0 Å². The number of ether oxygens (including phenoxy) is 1. The molecule has 0 amide bonds. The van der Waals surface area contributed by atoms with Crippen LogP contribution < -0.4 is 0 Å². The third-order valence-electron chi connectivity index (χ3n) is 2.31. The van der Waals surface area contributed by atoms with Crippen LogP contribution in [0.15, 0.2) is 21.0 Å². The van der Waals surface area contributed by atoms with Gasteiger partial charge in [-0.25, -0.2) is 4.79 Å². The van der Waals surface area contributed by atoms with Gasteiger partial charge in [0.2, 0.25) is 0 Å². The topological polar surface area (TPSA) is 26.3 Å². The van der Waals surface area contributed by atoms with Gasteiger partial charge in [-0.15, -0.1) is 0 Å². The van der Waals surface area contributed by atoms with E-state index in [1.54, 1.807) is 0 Å². The molecule has 0 spiro atoms. The molecule has 0 unspecified atom stereocenters. The first-order valence-electron chi connectivity index (χ1n) is 4.08. The summed E-state index contributed by atoms with van der Waals surface area (Å²) < 4.78 is 6.95. The first kappa shape index (κ1) is 8.29. The van der Waals surface area contributed by atoms with E-state index in [9.17, 15) is 4.79 Å². The number of rotatable bonds is 0. The molecule has 0 aromatic rings. The van der Waals surface area contributed by atoms with Gasteiger partial charge in [0.05, 0.1) is 0 Å².